The van der Waals surface area contributed by atoms with E-state index in [1.807, 2.05) is 0 Å². The molecule has 5 heteroatoms. The van der Waals surface area contributed by atoms with Crippen molar-refractivity contribution in [2.75, 3.05) is 38.0 Å². The molecule has 2 nitrogen and oxygen atoms in total. The average molecular weight is 263 g/mol. The minimum Gasteiger partial charge on any atom is -0.377 e. The highest BCUT2D eigenvalue weighted by molar-refractivity contribution is 6.18. The molecule has 0 spiro atoms. The maximum atomic E-state index is 5.69. The fourth-order valence-electron chi connectivity index (χ4n) is 1.61. The molecule has 0 aliphatic carbocycles. The monoisotopic (exact) mass is 261 g/mol. The van der Waals surface area contributed by atoms with Crippen molar-refractivity contribution >= 4 is 35.6 Å². The molecule has 0 bridgehead atoms. The highest BCUT2D eigenvalue weighted by Crippen LogP contribution is 2.13. The van der Waals surface area contributed by atoms with Gasteiger partial charge in [0.25, 0.3) is 0 Å². The van der Waals surface area contributed by atoms with Crippen LogP contribution in [0.2, 0.25) is 0 Å². The van der Waals surface area contributed by atoms with Crippen molar-refractivity contribution in [1.29, 1.82) is 0 Å². The molecule has 1 heterocycles. The van der Waals surface area contributed by atoms with Crippen molar-refractivity contribution in [1.82, 2.24) is 4.90 Å². The molecule has 0 N–H and O–H groups in total. The molecular formula is C9H18Cl3NO. The van der Waals surface area contributed by atoms with Gasteiger partial charge >= 0.3 is 0 Å². The molecule has 1 unspecified atom stereocenters. The molecule has 1 saturated heterocycles. The third-order valence-electron chi connectivity index (χ3n) is 2.29. The van der Waals surface area contributed by atoms with Gasteiger partial charge in [-0.15, -0.1) is 35.6 Å². The largest absolute Gasteiger partial charge is 0.377 e. The quantitative estimate of drug-likeness (QED) is 0.682. The lowest BCUT2D eigenvalue weighted by Crippen LogP contribution is -2.35. The van der Waals surface area contributed by atoms with Crippen LogP contribution in [0.4, 0.5) is 0 Å². The third-order valence-corrected chi connectivity index (χ3v) is 2.63. The van der Waals surface area contributed by atoms with Crippen molar-refractivity contribution in [2.24, 2.45) is 0 Å². The van der Waals surface area contributed by atoms with Crippen molar-refractivity contribution < 1.29 is 4.74 Å². The summed E-state index contributed by atoms with van der Waals surface area (Å²) in [6, 6.07) is 0. The summed E-state index contributed by atoms with van der Waals surface area (Å²) in [4.78, 5) is 2.27. The van der Waals surface area contributed by atoms with Gasteiger partial charge in [-0.3, -0.25) is 4.90 Å². The molecule has 1 fully saturated rings. The van der Waals surface area contributed by atoms with Gasteiger partial charge in [0.2, 0.25) is 0 Å². The van der Waals surface area contributed by atoms with E-state index in [-0.39, 0.29) is 12.4 Å². The van der Waals surface area contributed by atoms with Gasteiger partial charge in [-0.25, -0.2) is 0 Å². The lowest BCUT2D eigenvalue weighted by Gasteiger charge is -2.23. The van der Waals surface area contributed by atoms with Crippen LogP contribution >= 0.6 is 35.6 Å². The lowest BCUT2D eigenvalue weighted by molar-refractivity contribution is 0.0771. The second-order valence-electron chi connectivity index (χ2n) is 3.31. The first-order chi connectivity index (χ1) is 6.36. The van der Waals surface area contributed by atoms with Crippen molar-refractivity contribution in [3.63, 3.8) is 0 Å². The van der Waals surface area contributed by atoms with E-state index in [0.717, 1.165) is 26.2 Å². The van der Waals surface area contributed by atoms with Crippen LogP contribution in [0.25, 0.3) is 0 Å². The Morgan fingerprint density at radius 3 is 2.29 bits per heavy atom. The summed E-state index contributed by atoms with van der Waals surface area (Å²) in [6.45, 7) is 3.72. The summed E-state index contributed by atoms with van der Waals surface area (Å²) in [6.07, 6.45) is 2.79. The first-order valence-corrected chi connectivity index (χ1v) is 5.89. The first kappa shape index (κ1) is 14.8. The van der Waals surface area contributed by atoms with Gasteiger partial charge in [0.15, 0.2) is 0 Å². The van der Waals surface area contributed by atoms with E-state index < -0.39 is 0 Å². The van der Waals surface area contributed by atoms with Crippen molar-refractivity contribution in [3.8, 4) is 0 Å². The van der Waals surface area contributed by atoms with Gasteiger partial charge in [0.05, 0.1) is 6.10 Å². The van der Waals surface area contributed by atoms with E-state index >= 15 is 0 Å². The standard InChI is InChI=1S/C9H17Cl2NO.ClH/c10-3-5-12(6-4-11)8-9-2-1-7-13-9;/h9H,1-8H2;1H. The second-order valence-corrected chi connectivity index (χ2v) is 4.07. The normalized spacial score (nSPS) is 21.2. The molecule has 0 amide bonds. The van der Waals surface area contributed by atoms with E-state index in [2.05, 4.69) is 4.90 Å². The Morgan fingerprint density at radius 1 is 1.21 bits per heavy atom. The van der Waals surface area contributed by atoms with Gasteiger partial charge in [0.1, 0.15) is 0 Å². The molecule has 1 rings (SSSR count). The molecule has 1 atom stereocenters. The minimum absolute atomic E-state index is 0. The molecule has 0 saturated carbocycles. The van der Waals surface area contributed by atoms with Gasteiger partial charge in [-0.05, 0) is 12.8 Å². The van der Waals surface area contributed by atoms with Crippen LogP contribution in [0.15, 0.2) is 0 Å². The summed E-state index contributed by atoms with van der Waals surface area (Å²) < 4.78 is 5.55. The number of alkyl halides is 2. The van der Waals surface area contributed by atoms with Crippen LogP contribution < -0.4 is 0 Å². The fraction of sp³-hybridized carbons (Fsp3) is 1.00. The van der Waals surface area contributed by atoms with Crippen molar-refractivity contribution in [2.45, 2.75) is 18.9 Å². The molecule has 86 valence electrons. The summed E-state index contributed by atoms with van der Waals surface area (Å²) in [5, 5.41) is 0. The zero-order chi connectivity index (χ0) is 9.52. The van der Waals surface area contributed by atoms with Gasteiger partial charge in [-0.1, -0.05) is 0 Å². The lowest BCUT2D eigenvalue weighted by atomic mass is 10.2. The summed E-state index contributed by atoms with van der Waals surface area (Å²) >= 11 is 11.4. The molecule has 0 aromatic carbocycles. The number of ether oxygens (including phenoxy) is 1. The smallest absolute Gasteiger partial charge is 0.0702 e. The molecule has 1 aliphatic heterocycles. The Morgan fingerprint density at radius 2 is 1.86 bits per heavy atom. The zero-order valence-electron chi connectivity index (χ0n) is 8.25. The average Bonchev–Trinajstić information content (AvgIpc) is 2.58. The number of halogens is 3. The maximum Gasteiger partial charge on any atom is 0.0702 e. The molecule has 0 aromatic heterocycles. The molecule has 14 heavy (non-hydrogen) atoms. The summed E-state index contributed by atoms with van der Waals surface area (Å²) in [7, 11) is 0. The minimum atomic E-state index is 0. The SMILES string of the molecule is Cl.ClCCN(CCCl)CC1CCCO1. The predicted octanol–water partition coefficient (Wildman–Crippen LogP) is 2.37. The van der Waals surface area contributed by atoms with E-state index in [9.17, 15) is 0 Å². The second kappa shape index (κ2) is 9.05. The van der Waals surface area contributed by atoms with Gasteiger partial charge in [-0.2, -0.15) is 0 Å². The first-order valence-electron chi connectivity index (χ1n) is 4.82. The Kier molecular flexibility index (Phi) is 9.56. The molecular weight excluding hydrogens is 244 g/mol. The van der Waals surface area contributed by atoms with Gasteiger partial charge in [0, 0.05) is 38.0 Å². The molecule has 1 aliphatic rings. The van der Waals surface area contributed by atoms with Crippen LogP contribution in [-0.4, -0.2) is 49.0 Å². The zero-order valence-corrected chi connectivity index (χ0v) is 10.6. The predicted molar refractivity (Wildman–Crippen MR) is 64.1 cm³/mol. The maximum absolute atomic E-state index is 5.69. The fourth-order valence-corrected chi connectivity index (χ4v) is 2.09. The molecule has 0 aromatic rings. The Hall–Kier alpha value is 0.790. The van der Waals surface area contributed by atoms with Crippen LogP contribution in [-0.2, 0) is 4.74 Å². The summed E-state index contributed by atoms with van der Waals surface area (Å²) in [5.74, 6) is 1.34. The summed E-state index contributed by atoms with van der Waals surface area (Å²) in [5.41, 5.74) is 0. The Labute approximate surface area is 102 Å². The number of nitrogens with zero attached hydrogens (tertiary/aromatic N) is 1. The Balaban J connectivity index is 0.00000169. The van der Waals surface area contributed by atoms with Crippen molar-refractivity contribution in [3.05, 3.63) is 0 Å². The number of hydrogen-bond acceptors (Lipinski definition) is 2. The van der Waals surface area contributed by atoms with Crippen LogP contribution in [0.1, 0.15) is 12.8 Å². The topological polar surface area (TPSA) is 12.5 Å². The van der Waals surface area contributed by atoms with E-state index in [0.29, 0.717) is 17.9 Å². The van der Waals surface area contributed by atoms with Gasteiger partial charge < -0.3 is 4.74 Å². The van der Waals surface area contributed by atoms with Crippen LogP contribution in [0, 0.1) is 0 Å². The molecule has 0 radical (unpaired) electrons. The highest BCUT2D eigenvalue weighted by atomic mass is 35.5. The highest BCUT2D eigenvalue weighted by Gasteiger charge is 2.18. The number of rotatable bonds is 6. The Bertz CT molecular complexity index is 125. The van der Waals surface area contributed by atoms with E-state index in [1.54, 1.807) is 0 Å². The number of hydrogen-bond donors (Lipinski definition) is 0. The van der Waals surface area contributed by atoms with Crippen LogP contribution in [0.3, 0.4) is 0 Å². The van der Waals surface area contributed by atoms with E-state index in [4.69, 9.17) is 27.9 Å². The van der Waals surface area contributed by atoms with E-state index in [1.165, 1.54) is 12.8 Å². The van der Waals surface area contributed by atoms with Crippen LogP contribution in [0.5, 0.6) is 0 Å². The third kappa shape index (κ3) is 5.62.